The summed E-state index contributed by atoms with van der Waals surface area (Å²) in [5.41, 5.74) is 8.19. The zero-order chi connectivity index (χ0) is 20.8. The van der Waals surface area contributed by atoms with Gasteiger partial charge in [0.25, 0.3) is 5.91 Å². The molecule has 0 heterocycles. The van der Waals surface area contributed by atoms with Crippen LogP contribution in [-0.2, 0) is 17.0 Å². The number of amides is 2. The average Bonchev–Trinajstić information content (AvgIpc) is 2.70. The maximum Gasteiger partial charge on any atom is 0.255 e. The molecule has 0 saturated heterocycles. The van der Waals surface area contributed by atoms with E-state index in [2.05, 4.69) is 5.32 Å². The number of hydrogen-bond acceptors (Lipinski definition) is 3. The normalized spacial score (nSPS) is 10.6. The Kier molecular flexibility index (Phi) is 7.20. The van der Waals surface area contributed by atoms with E-state index < -0.39 is 5.91 Å². The number of carbonyl (C=O) groups is 2. The highest BCUT2D eigenvalue weighted by atomic mass is 35.5. The summed E-state index contributed by atoms with van der Waals surface area (Å²) in [6.07, 6.45) is 0.171. The third kappa shape index (κ3) is 6.26. The molecule has 0 saturated carbocycles. The van der Waals surface area contributed by atoms with Crippen LogP contribution in [0.3, 0.4) is 0 Å². The first-order chi connectivity index (χ1) is 13.9. The fourth-order valence-electron chi connectivity index (χ4n) is 2.66. The summed E-state index contributed by atoms with van der Waals surface area (Å²) in [7, 11) is 0. The van der Waals surface area contributed by atoms with Crippen LogP contribution in [0.1, 0.15) is 21.5 Å². The lowest BCUT2D eigenvalue weighted by Gasteiger charge is -2.09. The molecule has 29 heavy (non-hydrogen) atoms. The second-order valence-corrected chi connectivity index (χ2v) is 8.22. The molecule has 3 aromatic rings. The molecule has 0 spiro atoms. The van der Waals surface area contributed by atoms with Crippen molar-refractivity contribution in [3.63, 3.8) is 0 Å². The topological polar surface area (TPSA) is 72.2 Å². The maximum atomic E-state index is 12.6. The SMILES string of the molecule is NC(=O)Cc1ccc(NC(=O)c2cccc(CSc3cc(Cl)ccc3Cl)c2)cc1. The van der Waals surface area contributed by atoms with Crippen molar-refractivity contribution in [1.29, 1.82) is 0 Å². The summed E-state index contributed by atoms with van der Waals surface area (Å²) in [6.45, 7) is 0. The molecule has 0 bridgehead atoms. The van der Waals surface area contributed by atoms with Gasteiger partial charge in [-0.2, -0.15) is 0 Å². The van der Waals surface area contributed by atoms with E-state index in [0.29, 0.717) is 27.0 Å². The van der Waals surface area contributed by atoms with E-state index in [9.17, 15) is 9.59 Å². The summed E-state index contributed by atoms with van der Waals surface area (Å²) < 4.78 is 0. The number of anilines is 1. The Morgan fingerprint density at radius 2 is 1.69 bits per heavy atom. The van der Waals surface area contributed by atoms with Gasteiger partial charge < -0.3 is 11.1 Å². The zero-order valence-corrected chi connectivity index (χ0v) is 17.7. The molecule has 0 radical (unpaired) electrons. The largest absolute Gasteiger partial charge is 0.369 e. The van der Waals surface area contributed by atoms with Crippen LogP contribution >= 0.6 is 35.0 Å². The van der Waals surface area contributed by atoms with Crippen LogP contribution in [0.2, 0.25) is 10.0 Å². The minimum absolute atomic E-state index is 0.171. The highest BCUT2D eigenvalue weighted by Crippen LogP contribution is 2.32. The molecule has 7 heteroatoms. The van der Waals surface area contributed by atoms with Gasteiger partial charge in [-0.3, -0.25) is 9.59 Å². The number of nitrogens with two attached hydrogens (primary N) is 1. The maximum absolute atomic E-state index is 12.6. The monoisotopic (exact) mass is 444 g/mol. The van der Waals surface area contributed by atoms with Crippen molar-refractivity contribution < 1.29 is 9.59 Å². The van der Waals surface area contributed by atoms with Crippen LogP contribution < -0.4 is 11.1 Å². The molecule has 0 aliphatic carbocycles. The van der Waals surface area contributed by atoms with Gasteiger partial charge in [0.05, 0.1) is 11.4 Å². The third-order valence-corrected chi connectivity index (χ3v) is 5.87. The lowest BCUT2D eigenvalue weighted by molar-refractivity contribution is -0.117. The van der Waals surface area contributed by atoms with E-state index in [4.69, 9.17) is 28.9 Å². The van der Waals surface area contributed by atoms with E-state index >= 15 is 0 Å². The van der Waals surface area contributed by atoms with Crippen molar-refractivity contribution in [3.8, 4) is 0 Å². The van der Waals surface area contributed by atoms with Gasteiger partial charge in [0.15, 0.2) is 0 Å². The Balaban J connectivity index is 1.64. The second-order valence-electron chi connectivity index (χ2n) is 6.36. The van der Waals surface area contributed by atoms with E-state index in [0.717, 1.165) is 16.0 Å². The van der Waals surface area contributed by atoms with Gasteiger partial charge in [0.2, 0.25) is 5.91 Å². The van der Waals surface area contributed by atoms with Gasteiger partial charge in [-0.1, -0.05) is 47.5 Å². The zero-order valence-electron chi connectivity index (χ0n) is 15.3. The van der Waals surface area contributed by atoms with E-state index in [-0.39, 0.29) is 12.3 Å². The summed E-state index contributed by atoms with van der Waals surface area (Å²) in [4.78, 5) is 24.4. The van der Waals surface area contributed by atoms with Crippen LogP contribution in [-0.4, -0.2) is 11.8 Å². The van der Waals surface area contributed by atoms with Crippen LogP contribution in [0, 0.1) is 0 Å². The highest BCUT2D eigenvalue weighted by molar-refractivity contribution is 7.98. The van der Waals surface area contributed by atoms with Crippen molar-refractivity contribution in [2.75, 3.05) is 5.32 Å². The Morgan fingerprint density at radius 3 is 2.41 bits per heavy atom. The molecule has 0 atom stereocenters. The van der Waals surface area contributed by atoms with Crippen LogP contribution in [0.15, 0.2) is 71.6 Å². The summed E-state index contributed by atoms with van der Waals surface area (Å²) in [6, 6.07) is 19.8. The van der Waals surface area contributed by atoms with Crippen molar-refractivity contribution in [2.45, 2.75) is 17.1 Å². The number of nitrogens with one attached hydrogen (secondary N) is 1. The fraction of sp³-hybridized carbons (Fsp3) is 0.0909. The lowest BCUT2D eigenvalue weighted by atomic mass is 10.1. The first-order valence-electron chi connectivity index (χ1n) is 8.76. The van der Waals surface area contributed by atoms with E-state index in [1.165, 1.54) is 0 Å². The van der Waals surface area contributed by atoms with Gasteiger partial charge >= 0.3 is 0 Å². The molecule has 3 N–H and O–H groups in total. The quantitative estimate of drug-likeness (QED) is 0.468. The molecule has 2 amide bonds. The van der Waals surface area contributed by atoms with Gasteiger partial charge in [-0.05, 0) is 53.6 Å². The highest BCUT2D eigenvalue weighted by Gasteiger charge is 2.09. The third-order valence-electron chi connectivity index (χ3n) is 4.07. The lowest BCUT2D eigenvalue weighted by Crippen LogP contribution is -2.14. The van der Waals surface area contributed by atoms with Gasteiger partial charge in [0, 0.05) is 26.9 Å². The van der Waals surface area contributed by atoms with Crippen LogP contribution in [0.5, 0.6) is 0 Å². The molecule has 0 aliphatic rings. The number of hydrogen-bond donors (Lipinski definition) is 2. The minimum Gasteiger partial charge on any atom is -0.369 e. The van der Waals surface area contributed by atoms with Gasteiger partial charge in [-0.15, -0.1) is 11.8 Å². The smallest absolute Gasteiger partial charge is 0.255 e. The van der Waals surface area contributed by atoms with Crippen LogP contribution in [0.25, 0.3) is 0 Å². The van der Waals surface area contributed by atoms with Crippen molar-refractivity contribution in [2.24, 2.45) is 5.73 Å². The number of carbonyl (C=O) groups excluding carboxylic acids is 2. The van der Waals surface area contributed by atoms with E-state index in [1.54, 1.807) is 54.2 Å². The predicted octanol–water partition coefficient (Wildman–Crippen LogP) is 5.57. The molecule has 0 aliphatic heterocycles. The molecule has 148 valence electrons. The second kappa shape index (κ2) is 9.83. The summed E-state index contributed by atoms with van der Waals surface area (Å²) in [5.74, 6) is 0.0547. The van der Waals surface area contributed by atoms with Gasteiger partial charge in [-0.25, -0.2) is 0 Å². The Bertz CT molecular complexity index is 1040. The Hall–Kier alpha value is -2.47. The molecule has 0 fully saturated rings. The Labute approximate surface area is 183 Å². The summed E-state index contributed by atoms with van der Waals surface area (Å²) >= 11 is 13.8. The number of rotatable bonds is 7. The molecular weight excluding hydrogens is 427 g/mol. The molecule has 0 unspecified atom stereocenters. The van der Waals surface area contributed by atoms with Crippen molar-refractivity contribution in [1.82, 2.24) is 0 Å². The molecule has 3 rings (SSSR count). The Morgan fingerprint density at radius 1 is 0.931 bits per heavy atom. The van der Waals surface area contributed by atoms with Gasteiger partial charge in [0.1, 0.15) is 0 Å². The minimum atomic E-state index is -0.393. The fourth-order valence-corrected chi connectivity index (χ4v) is 4.10. The first-order valence-corrected chi connectivity index (χ1v) is 10.5. The number of primary amides is 1. The standard InChI is InChI=1S/C22H18Cl2N2O2S/c23-17-6-9-19(24)20(12-17)29-13-15-2-1-3-16(10-15)22(28)26-18-7-4-14(5-8-18)11-21(25)27/h1-10,12H,11,13H2,(H2,25,27)(H,26,28). The number of thioether (sulfide) groups is 1. The summed E-state index contributed by atoms with van der Waals surface area (Å²) in [5, 5.41) is 4.13. The predicted molar refractivity (Wildman–Crippen MR) is 120 cm³/mol. The molecule has 4 nitrogen and oxygen atoms in total. The average molecular weight is 445 g/mol. The first kappa shape index (κ1) is 21.2. The molecule has 3 aromatic carbocycles. The number of halogens is 2. The molecule has 0 aromatic heterocycles. The number of benzene rings is 3. The van der Waals surface area contributed by atoms with Crippen LogP contribution in [0.4, 0.5) is 5.69 Å². The van der Waals surface area contributed by atoms with Crippen molar-refractivity contribution in [3.05, 3.63) is 93.5 Å². The van der Waals surface area contributed by atoms with Crippen molar-refractivity contribution >= 4 is 52.5 Å². The van der Waals surface area contributed by atoms with E-state index in [1.807, 2.05) is 24.3 Å². The molecular formula is C22H18Cl2N2O2S.